The van der Waals surface area contributed by atoms with Crippen molar-refractivity contribution in [2.24, 2.45) is 5.92 Å². The lowest BCUT2D eigenvalue weighted by atomic mass is 9.93. The largest absolute Gasteiger partial charge is 0.370 e. The summed E-state index contributed by atoms with van der Waals surface area (Å²) in [7, 11) is 4.38. The zero-order chi connectivity index (χ0) is 33.1. The molecule has 1 aromatic heterocycles. The summed E-state index contributed by atoms with van der Waals surface area (Å²) in [4.78, 5) is 22.9. The number of ether oxygens (including phenoxy) is 1. The Kier molecular flexibility index (Phi) is 10.8. The van der Waals surface area contributed by atoms with Crippen molar-refractivity contribution >= 4 is 38.8 Å². The number of piperidine rings is 1. The monoisotopic (exact) mass is 644 g/mol. The average molecular weight is 645 g/mol. The standard InChI is InChI=1S/C34H40F4N4O2S/c1-8-10-24(9-2)42-19-17-23(18-20-42)33(43)41(6)30(32(35)36)22-11-13-25(14-12-22)40(5)26-15-16-27-29(39-21(3)45-27)28(26)31(44-7)34(4,37)38/h8,11-16,23,30-32H,1-2,10,17-20H2,3-7H3/t30-,31?/m0/s1. The van der Waals surface area contributed by atoms with Gasteiger partial charge in [0, 0.05) is 70.5 Å². The molecule has 6 nitrogen and oxygen atoms in total. The van der Waals surface area contributed by atoms with Crippen LogP contribution < -0.4 is 4.90 Å². The third kappa shape index (κ3) is 7.27. The molecule has 0 saturated carbocycles. The normalized spacial score (nSPS) is 15.6. The summed E-state index contributed by atoms with van der Waals surface area (Å²) in [5, 5.41) is 0.734. The van der Waals surface area contributed by atoms with E-state index in [2.05, 4.69) is 28.8 Å². The third-order valence-electron chi connectivity index (χ3n) is 8.40. The van der Waals surface area contributed by atoms with Crippen LogP contribution in [0.5, 0.6) is 0 Å². The molecule has 1 unspecified atom stereocenters. The fraction of sp³-hybridized carbons (Fsp3) is 0.441. The van der Waals surface area contributed by atoms with Gasteiger partial charge in [-0.05, 0) is 49.6 Å². The summed E-state index contributed by atoms with van der Waals surface area (Å²) >= 11 is 1.40. The first-order valence-corrected chi connectivity index (χ1v) is 15.6. The number of rotatable bonds is 12. The van der Waals surface area contributed by atoms with E-state index in [4.69, 9.17) is 4.74 Å². The zero-order valence-electron chi connectivity index (χ0n) is 26.3. The van der Waals surface area contributed by atoms with E-state index in [0.29, 0.717) is 49.2 Å². The van der Waals surface area contributed by atoms with E-state index in [1.54, 1.807) is 48.4 Å². The summed E-state index contributed by atoms with van der Waals surface area (Å²) in [6.45, 7) is 11.3. The Morgan fingerprint density at radius 2 is 1.84 bits per heavy atom. The van der Waals surface area contributed by atoms with Gasteiger partial charge in [-0.25, -0.2) is 22.5 Å². The van der Waals surface area contributed by atoms with Crippen LogP contribution in [0.2, 0.25) is 0 Å². The number of carbonyl (C=O) groups is 1. The van der Waals surface area contributed by atoms with Crippen molar-refractivity contribution in [1.29, 1.82) is 0 Å². The molecule has 2 aromatic carbocycles. The van der Waals surface area contributed by atoms with Crippen molar-refractivity contribution in [2.75, 3.05) is 39.2 Å². The Morgan fingerprint density at radius 1 is 1.20 bits per heavy atom. The Hall–Kier alpha value is -3.66. The van der Waals surface area contributed by atoms with Crippen molar-refractivity contribution < 1.29 is 27.1 Å². The van der Waals surface area contributed by atoms with Crippen molar-refractivity contribution in [3.8, 4) is 0 Å². The number of hydrogen-bond donors (Lipinski definition) is 0. The maximum Gasteiger partial charge on any atom is 0.275 e. The lowest BCUT2D eigenvalue weighted by molar-refractivity contribution is -0.141. The molecular formula is C34H40F4N4O2S. The Morgan fingerprint density at radius 3 is 2.38 bits per heavy atom. The molecule has 0 spiro atoms. The van der Waals surface area contributed by atoms with Crippen LogP contribution in [0.1, 0.15) is 54.5 Å². The van der Waals surface area contributed by atoms with Crippen LogP contribution in [0.4, 0.5) is 28.9 Å². The Labute approximate surface area is 266 Å². The second-order valence-corrected chi connectivity index (χ2v) is 12.6. The zero-order valence-corrected chi connectivity index (χ0v) is 27.1. The highest BCUT2D eigenvalue weighted by molar-refractivity contribution is 7.18. The van der Waals surface area contributed by atoms with Crippen LogP contribution in [0.15, 0.2) is 67.1 Å². The van der Waals surface area contributed by atoms with Crippen LogP contribution in [0, 0.1) is 12.8 Å². The molecule has 0 bridgehead atoms. The number of hydrogen-bond acceptors (Lipinski definition) is 6. The number of amides is 1. The molecule has 1 fully saturated rings. The molecule has 1 saturated heterocycles. The molecule has 4 rings (SSSR count). The van der Waals surface area contributed by atoms with Gasteiger partial charge in [-0.1, -0.05) is 24.8 Å². The van der Waals surface area contributed by atoms with E-state index >= 15 is 0 Å². The van der Waals surface area contributed by atoms with E-state index in [9.17, 15) is 22.4 Å². The first-order chi connectivity index (χ1) is 21.3. The average Bonchev–Trinajstić information content (AvgIpc) is 3.39. The number of thiazole rings is 1. The van der Waals surface area contributed by atoms with Crippen LogP contribution in [0.25, 0.3) is 10.2 Å². The number of aromatic nitrogens is 1. The highest BCUT2D eigenvalue weighted by Gasteiger charge is 2.40. The number of alkyl halides is 4. The smallest absolute Gasteiger partial charge is 0.275 e. The highest BCUT2D eigenvalue weighted by atomic mass is 32.1. The van der Waals surface area contributed by atoms with Gasteiger partial charge in [0.1, 0.15) is 12.1 Å². The molecular weight excluding hydrogens is 604 g/mol. The summed E-state index contributed by atoms with van der Waals surface area (Å²) in [5.41, 5.74) is 5.84. The number of halogens is 4. The number of benzene rings is 2. The topological polar surface area (TPSA) is 48.9 Å². The van der Waals surface area contributed by atoms with Gasteiger partial charge in [0.25, 0.3) is 12.3 Å². The van der Waals surface area contributed by atoms with E-state index < -0.39 is 24.5 Å². The van der Waals surface area contributed by atoms with Gasteiger partial charge >= 0.3 is 0 Å². The number of likely N-dealkylation sites (tertiary alicyclic amines) is 1. The number of allylic oxidation sites excluding steroid dienone is 1. The fourth-order valence-electron chi connectivity index (χ4n) is 6.09. The number of aryl methyl sites for hydroxylation is 1. The number of anilines is 2. The lowest BCUT2D eigenvalue weighted by Gasteiger charge is -2.37. The second-order valence-electron chi connectivity index (χ2n) is 11.4. The minimum Gasteiger partial charge on any atom is -0.370 e. The van der Waals surface area contributed by atoms with Gasteiger partial charge in [0.2, 0.25) is 5.91 Å². The molecule has 242 valence electrons. The number of carbonyl (C=O) groups excluding carboxylic acids is 1. The summed E-state index contributed by atoms with van der Waals surface area (Å²) < 4.78 is 64.6. The molecule has 2 heterocycles. The van der Waals surface area contributed by atoms with Crippen molar-refractivity contribution in [2.45, 2.75) is 57.6 Å². The molecule has 3 aromatic rings. The molecule has 1 aliphatic rings. The lowest BCUT2D eigenvalue weighted by Crippen LogP contribution is -2.43. The van der Waals surface area contributed by atoms with E-state index in [1.807, 2.05) is 13.0 Å². The first-order valence-electron chi connectivity index (χ1n) is 14.8. The van der Waals surface area contributed by atoms with Crippen LogP contribution in [0.3, 0.4) is 0 Å². The highest BCUT2D eigenvalue weighted by Crippen LogP contribution is 2.45. The number of nitrogens with zero attached hydrogens (tertiary/aromatic N) is 4. The quantitative estimate of drug-likeness (QED) is 0.113. The predicted octanol–water partition coefficient (Wildman–Crippen LogP) is 8.44. The summed E-state index contributed by atoms with van der Waals surface area (Å²) in [5.74, 6) is -3.90. The summed E-state index contributed by atoms with van der Waals surface area (Å²) in [6.07, 6.45) is -0.907. The van der Waals surface area contributed by atoms with Crippen LogP contribution in [-0.2, 0) is 9.53 Å². The Balaban J connectivity index is 1.58. The van der Waals surface area contributed by atoms with Gasteiger partial charge in [0.15, 0.2) is 0 Å². The van der Waals surface area contributed by atoms with Crippen molar-refractivity contribution in [3.05, 3.63) is 83.2 Å². The van der Waals surface area contributed by atoms with Gasteiger partial charge in [0.05, 0.1) is 20.9 Å². The molecule has 45 heavy (non-hydrogen) atoms. The van der Waals surface area contributed by atoms with Gasteiger partial charge < -0.3 is 19.4 Å². The molecule has 1 amide bonds. The van der Waals surface area contributed by atoms with Gasteiger partial charge in [-0.2, -0.15) is 0 Å². The van der Waals surface area contributed by atoms with E-state index in [0.717, 1.165) is 27.2 Å². The maximum absolute atomic E-state index is 14.8. The molecule has 11 heteroatoms. The maximum atomic E-state index is 14.8. The predicted molar refractivity (Wildman–Crippen MR) is 173 cm³/mol. The van der Waals surface area contributed by atoms with Gasteiger partial charge in [-0.15, -0.1) is 23.6 Å². The number of methoxy groups -OCH3 is 1. The molecule has 1 aliphatic heterocycles. The van der Waals surface area contributed by atoms with E-state index in [-0.39, 0.29) is 23.0 Å². The van der Waals surface area contributed by atoms with Crippen LogP contribution >= 0.6 is 11.3 Å². The number of fused-ring (bicyclic) bond motifs is 1. The molecule has 2 atom stereocenters. The summed E-state index contributed by atoms with van der Waals surface area (Å²) in [6, 6.07) is 8.54. The minimum absolute atomic E-state index is 0.250. The SMILES string of the molecule is C=C=C(CC=C)N1CCC(C(=O)N(C)[C@@H](c2ccc(N(C)c3ccc4sc(C)nc4c3C(OC)C(C)(F)F)cc2)C(F)F)CC1. The fourth-order valence-corrected chi connectivity index (χ4v) is 6.93. The minimum atomic E-state index is -3.20. The molecule has 0 aliphatic carbocycles. The van der Waals surface area contributed by atoms with Crippen LogP contribution in [-0.4, -0.2) is 67.3 Å². The van der Waals surface area contributed by atoms with E-state index in [1.165, 1.54) is 25.5 Å². The molecule has 0 radical (unpaired) electrons. The Bertz CT molecular complexity index is 1550. The third-order valence-corrected chi connectivity index (χ3v) is 9.33. The second kappa shape index (κ2) is 14.2. The van der Waals surface area contributed by atoms with Crippen molar-refractivity contribution in [1.82, 2.24) is 14.8 Å². The van der Waals surface area contributed by atoms with Gasteiger partial charge in [-0.3, -0.25) is 4.79 Å². The molecule has 0 N–H and O–H groups in total. The first kappa shape index (κ1) is 34.2. The van der Waals surface area contributed by atoms with Crippen molar-refractivity contribution in [3.63, 3.8) is 0 Å².